The SMILES string of the molecule is CCCCc1nc(Cl)c(C(=O)OC(OC(=O)CC)C(C)C)n1Cc1cccc2c1ccn2-c1ccccc1C#N. The fourth-order valence-electron chi connectivity index (χ4n) is 4.56. The van der Waals surface area contributed by atoms with E-state index >= 15 is 0 Å². The summed E-state index contributed by atoms with van der Waals surface area (Å²) in [7, 11) is 0. The lowest BCUT2D eigenvalue weighted by Crippen LogP contribution is -2.30. The number of halogens is 1. The third-order valence-electron chi connectivity index (χ3n) is 6.69. The van der Waals surface area contributed by atoms with Gasteiger partial charge in [0, 0.05) is 30.3 Å². The van der Waals surface area contributed by atoms with E-state index < -0.39 is 18.2 Å². The van der Waals surface area contributed by atoms with Crippen LogP contribution in [0.5, 0.6) is 0 Å². The Morgan fingerprint density at radius 1 is 1.07 bits per heavy atom. The maximum atomic E-state index is 13.5. The van der Waals surface area contributed by atoms with Gasteiger partial charge in [-0.05, 0) is 36.2 Å². The largest absolute Gasteiger partial charge is 0.425 e. The first kappa shape index (κ1) is 28.9. The molecule has 1 unspecified atom stereocenters. The number of esters is 2. The van der Waals surface area contributed by atoms with Crippen LogP contribution in [0.1, 0.15) is 74.4 Å². The van der Waals surface area contributed by atoms with Gasteiger partial charge in [0.25, 0.3) is 0 Å². The van der Waals surface area contributed by atoms with Gasteiger partial charge >= 0.3 is 11.9 Å². The summed E-state index contributed by atoms with van der Waals surface area (Å²) in [5, 5.41) is 10.6. The number of fused-ring (bicyclic) bond motifs is 1. The van der Waals surface area contributed by atoms with Gasteiger partial charge in [0.1, 0.15) is 11.9 Å². The number of carbonyl (C=O) groups excluding carboxylic acids is 2. The van der Waals surface area contributed by atoms with Gasteiger partial charge in [0.15, 0.2) is 10.8 Å². The second-order valence-electron chi connectivity index (χ2n) is 9.88. The van der Waals surface area contributed by atoms with Crippen LogP contribution in [0.15, 0.2) is 54.7 Å². The van der Waals surface area contributed by atoms with Gasteiger partial charge in [-0.15, -0.1) is 0 Å². The highest BCUT2D eigenvalue weighted by molar-refractivity contribution is 6.32. The predicted octanol–water partition coefficient (Wildman–Crippen LogP) is 6.84. The Bertz CT molecular complexity index is 1560. The summed E-state index contributed by atoms with van der Waals surface area (Å²) in [6.07, 6.45) is 3.52. The van der Waals surface area contributed by atoms with Gasteiger partial charge < -0.3 is 18.6 Å². The minimum absolute atomic E-state index is 0.0492. The van der Waals surface area contributed by atoms with Crippen LogP contribution in [-0.2, 0) is 27.2 Å². The third kappa shape index (κ3) is 6.05. The van der Waals surface area contributed by atoms with E-state index in [-0.39, 0.29) is 23.2 Å². The molecule has 0 fully saturated rings. The summed E-state index contributed by atoms with van der Waals surface area (Å²) in [5.74, 6) is -0.727. The van der Waals surface area contributed by atoms with E-state index in [4.69, 9.17) is 21.1 Å². The maximum absolute atomic E-state index is 13.5. The number of ether oxygens (including phenoxy) is 2. The number of aromatic nitrogens is 3. The Labute approximate surface area is 239 Å². The van der Waals surface area contributed by atoms with Gasteiger partial charge in [-0.2, -0.15) is 5.26 Å². The van der Waals surface area contributed by atoms with E-state index in [1.165, 1.54) is 0 Å². The average Bonchev–Trinajstić information content (AvgIpc) is 3.52. The first-order chi connectivity index (χ1) is 19.3. The molecule has 0 saturated heterocycles. The minimum atomic E-state index is -1.05. The van der Waals surface area contributed by atoms with Crippen LogP contribution in [0.3, 0.4) is 0 Å². The van der Waals surface area contributed by atoms with E-state index in [1.54, 1.807) is 17.6 Å². The summed E-state index contributed by atoms with van der Waals surface area (Å²) >= 11 is 6.55. The molecule has 40 heavy (non-hydrogen) atoms. The van der Waals surface area contributed by atoms with Gasteiger partial charge in [0.2, 0.25) is 6.29 Å². The van der Waals surface area contributed by atoms with E-state index in [9.17, 15) is 14.9 Å². The fraction of sp³-hybridized carbons (Fsp3) is 0.355. The Hall–Kier alpha value is -4.09. The number of rotatable bonds is 11. The maximum Gasteiger partial charge on any atom is 0.361 e. The van der Waals surface area contributed by atoms with Crippen LogP contribution in [-0.4, -0.2) is 32.3 Å². The molecule has 0 saturated carbocycles. The number of aryl methyl sites for hydroxylation is 1. The number of hydrogen-bond donors (Lipinski definition) is 0. The van der Waals surface area contributed by atoms with Crippen LogP contribution in [0.2, 0.25) is 5.15 Å². The molecule has 208 valence electrons. The van der Waals surface area contributed by atoms with Gasteiger partial charge in [-0.1, -0.05) is 70.0 Å². The van der Waals surface area contributed by atoms with Gasteiger partial charge in [-0.25, -0.2) is 9.78 Å². The quantitative estimate of drug-likeness (QED) is 0.147. The van der Waals surface area contributed by atoms with E-state index in [1.807, 2.05) is 67.1 Å². The molecular weight excluding hydrogens is 528 g/mol. The third-order valence-corrected chi connectivity index (χ3v) is 6.95. The topological polar surface area (TPSA) is 99.1 Å². The standard InChI is InChI=1S/C31H33ClN4O4/c1-5-7-15-26-34-29(32)28(30(38)40-31(20(3)4)39-27(37)6-2)36(26)19-22-12-10-14-25-23(22)16-17-35(25)24-13-9-8-11-21(24)18-33/h8-14,16-17,20,31H,5-7,15,19H2,1-4H3. The number of para-hydroxylation sites is 1. The van der Waals surface area contributed by atoms with E-state index in [0.717, 1.165) is 35.0 Å². The number of nitriles is 1. The number of nitrogens with zero attached hydrogens (tertiary/aromatic N) is 4. The normalized spacial score (nSPS) is 11.9. The molecule has 0 aliphatic heterocycles. The fourth-order valence-corrected chi connectivity index (χ4v) is 4.83. The molecule has 0 aliphatic carbocycles. The molecule has 2 heterocycles. The zero-order chi connectivity index (χ0) is 28.8. The highest BCUT2D eigenvalue weighted by Crippen LogP contribution is 2.29. The van der Waals surface area contributed by atoms with Crippen molar-refractivity contribution in [2.75, 3.05) is 0 Å². The lowest BCUT2D eigenvalue weighted by Gasteiger charge is -2.21. The number of hydrogen-bond acceptors (Lipinski definition) is 6. The second-order valence-corrected chi connectivity index (χ2v) is 10.2. The predicted molar refractivity (Wildman–Crippen MR) is 153 cm³/mol. The van der Waals surface area contributed by atoms with Crippen molar-refractivity contribution in [3.63, 3.8) is 0 Å². The van der Waals surface area contributed by atoms with Crippen LogP contribution < -0.4 is 0 Å². The van der Waals surface area contributed by atoms with Crippen molar-refractivity contribution in [2.45, 2.75) is 66.2 Å². The molecule has 0 aliphatic rings. The zero-order valence-electron chi connectivity index (χ0n) is 23.2. The van der Waals surface area contributed by atoms with Crippen molar-refractivity contribution in [1.29, 1.82) is 5.26 Å². The summed E-state index contributed by atoms with van der Waals surface area (Å²) in [6, 6.07) is 17.6. The van der Waals surface area contributed by atoms with Crippen molar-refractivity contribution >= 4 is 34.4 Å². The lowest BCUT2D eigenvalue weighted by atomic mass is 10.1. The molecule has 4 rings (SSSR count). The van der Waals surface area contributed by atoms with Crippen molar-refractivity contribution in [1.82, 2.24) is 14.1 Å². The summed E-state index contributed by atoms with van der Waals surface area (Å²) in [6.45, 7) is 7.71. The molecule has 0 amide bonds. The van der Waals surface area contributed by atoms with Crippen LogP contribution >= 0.6 is 11.6 Å². The molecule has 9 heteroatoms. The molecule has 4 aromatic rings. The second kappa shape index (κ2) is 12.8. The average molecular weight is 561 g/mol. The Morgan fingerprint density at radius 3 is 2.55 bits per heavy atom. The van der Waals surface area contributed by atoms with Crippen molar-refractivity contribution in [2.24, 2.45) is 5.92 Å². The zero-order valence-corrected chi connectivity index (χ0v) is 23.9. The smallest absolute Gasteiger partial charge is 0.361 e. The summed E-state index contributed by atoms with van der Waals surface area (Å²) in [5.41, 5.74) is 3.36. The Kier molecular flexibility index (Phi) is 9.28. The van der Waals surface area contributed by atoms with Crippen molar-refractivity contribution in [3.05, 3.63) is 82.5 Å². The van der Waals surface area contributed by atoms with Crippen LogP contribution in [0.25, 0.3) is 16.6 Å². The molecule has 2 aromatic heterocycles. The number of unbranched alkanes of at least 4 members (excludes halogenated alkanes) is 1. The lowest BCUT2D eigenvalue weighted by molar-refractivity contribution is -0.175. The van der Waals surface area contributed by atoms with Crippen LogP contribution in [0.4, 0.5) is 0 Å². The Balaban J connectivity index is 1.75. The number of carbonyl (C=O) groups is 2. The van der Waals surface area contributed by atoms with Gasteiger partial charge in [-0.3, -0.25) is 4.79 Å². The molecule has 0 radical (unpaired) electrons. The highest BCUT2D eigenvalue weighted by Gasteiger charge is 2.29. The molecule has 0 N–H and O–H groups in total. The van der Waals surface area contributed by atoms with E-state index in [0.29, 0.717) is 24.4 Å². The summed E-state index contributed by atoms with van der Waals surface area (Å²) in [4.78, 5) is 29.9. The van der Waals surface area contributed by atoms with Crippen LogP contribution in [0, 0.1) is 17.2 Å². The van der Waals surface area contributed by atoms with Crippen molar-refractivity contribution < 1.29 is 19.1 Å². The van der Waals surface area contributed by atoms with Gasteiger partial charge in [0.05, 0.1) is 23.3 Å². The molecule has 8 nitrogen and oxygen atoms in total. The molecular formula is C31H33ClN4O4. The molecule has 0 spiro atoms. The monoisotopic (exact) mass is 560 g/mol. The molecule has 2 aromatic carbocycles. The minimum Gasteiger partial charge on any atom is -0.425 e. The van der Waals surface area contributed by atoms with E-state index in [2.05, 4.69) is 18.0 Å². The Morgan fingerprint density at radius 2 is 1.85 bits per heavy atom. The first-order valence-corrected chi connectivity index (χ1v) is 13.9. The number of benzene rings is 2. The number of imidazole rings is 1. The summed E-state index contributed by atoms with van der Waals surface area (Å²) < 4.78 is 14.8. The first-order valence-electron chi connectivity index (χ1n) is 13.5. The molecule has 1 atom stereocenters. The highest BCUT2D eigenvalue weighted by atomic mass is 35.5. The van der Waals surface area contributed by atoms with Crippen molar-refractivity contribution in [3.8, 4) is 11.8 Å². The molecule has 0 bridgehead atoms.